The maximum Gasteiger partial charge on any atom is 0.153 e. The van der Waals surface area contributed by atoms with Crippen LogP contribution in [-0.2, 0) is 32.7 Å². The van der Waals surface area contributed by atoms with Crippen LogP contribution >= 0.6 is 0 Å². The monoisotopic (exact) mass is 294 g/mol. The van der Waals surface area contributed by atoms with Gasteiger partial charge in [-0.25, -0.2) is 0 Å². The average Bonchev–Trinajstić information content (AvgIpc) is 2.74. The molecular formula is C10H13N4OY-. The Morgan fingerprint density at radius 3 is 2.81 bits per heavy atom. The van der Waals surface area contributed by atoms with Gasteiger partial charge in [-0.05, 0) is 17.8 Å². The quantitative estimate of drug-likeness (QED) is 0.353. The Morgan fingerprint density at radius 1 is 1.50 bits per heavy atom. The van der Waals surface area contributed by atoms with Crippen LogP contribution in [0.1, 0.15) is 24.2 Å². The number of nitrogens with zero attached hydrogens (tertiary/aromatic N) is 2. The first-order valence-electron chi connectivity index (χ1n) is 4.69. The molecule has 6 heteroatoms. The molecule has 2 heterocycles. The molecule has 0 unspecified atom stereocenters. The number of nitrogens with two attached hydrogens (primary N) is 1. The molecule has 0 fully saturated rings. The maximum atomic E-state index is 11.2. The first kappa shape index (κ1) is 15.2. The molecule has 1 radical (unpaired) electrons. The third-order valence-corrected chi connectivity index (χ3v) is 1.72. The predicted molar refractivity (Wildman–Crippen MR) is 57.0 cm³/mol. The van der Waals surface area contributed by atoms with Crippen molar-refractivity contribution in [1.29, 1.82) is 0 Å². The molecule has 0 aromatic carbocycles. The van der Waals surface area contributed by atoms with Gasteiger partial charge in [0.05, 0.1) is 0 Å². The standard InChI is InChI=1S/C8H7N4O.C2H6.Y/c9-11-8(13)6-5-10-12-4-2-1-3-7(6)12;1-2;/h1-4H,9H2,(H,11,13);1-2H3;/q-1;;. The molecule has 83 valence electrons. The predicted octanol–water partition coefficient (Wildman–Crippen LogP) is 0.762. The van der Waals surface area contributed by atoms with Gasteiger partial charge in [-0.15, -0.1) is 0 Å². The van der Waals surface area contributed by atoms with Crippen LogP contribution in [0.5, 0.6) is 0 Å². The number of hydrazine groups is 1. The van der Waals surface area contributed by atoms with Crippen molar-refractivity contribution in [1.82, 2.24) is 15.0 Å². The molecule has 16 heavy (non-hydrogen) atoms. The molecule has 0 saturated carbocycles. The molecule has 5 nitrogen and oxygen atoms in total. The number of pyridine rings is 1. The van der Waals surface area contributed by atoms with Gasteiger partial charge in [0.15, 0.2) is 5.91 Å². The summed E-state index contributed by atoms with van der Waals surface area (Å²) in [6.45, 7) is 4.00. The Kier molecular flexibility index (Phi) is 7.13. The van der Waals surface area contributed by atoms with Gasteiger partial charge in [0, 0.05) is 38.9 Å². The van der Waals surface area contributed by atoms with E-state index in [1.54, 1.807) is 16.8 Å². The average molecular weight is 294 g/mol. The van der Waals surface area contributed by atoms with Gasteiger partial charge in [0.2, 0.25) is 0 Å². The minimum absolute atomic E-state index is 0. The van der Waals surface area contributed by atoms with E-state index >= 15 is 0 Å². The summed E-state index contributed by atoms with van der Waals surface area (Å²) in [4.78, 5) is 11.2. The molecule has 0 aliphatic rings. The van der Waals surface area contributed by atoms with Crippen molar-refractivity contribution in [2.75, 3.05) is 0 Å². The second-order valence-electron chi connectivity index (χ2n) is 2.49. The molecule has 2 rings (SSSR count). The van der Waals surface area contributed by atoms with Crippen LogP contribution in [0.15, 0.2) is 24.4 Å². The van der Waals surface area contributed by atoms with Crippen LogP contribution in [0.2, 0.25) is 0 Å². The van der Waals surface area contributed by atoms with Crippen LogP contribution in [0.3, 0.4) is 0 Å². The van der Waals surface area contributed by atoms with E-state index < -0.39 is 0 Å². The molecule has 0 spiro atoms. The fraction of sp³-hybridized carbons (Fsp3) is 0.200. The number of hydrogen-bond acceptors (Lipinski definition) is 3. The van der Waals surface area contributed by atoms with Crippen molar-refractivity contribution in [2.45, 2.75) is 13.8 Å². The second kappa shape index (κ2) is 7.49. The summed E-state index contributed by atoms with van der Waals surface area (Å²) in [5, 5.41) is 3.86. The minimum atomic E-state index is -0.388. The Hall–Kier alpha value is -0.776. The van der Waals surface area contributed by atoms with Crippen LogP contribution in [-0.4, -0.2) is 15.5 Å². The summed E-state index contributed by atoms with van der Waals surface area (Å²) in [5.74, 6) is 4.61. The van der Waals surface area contributed by atoms with E-state index in [9.17, 15) is 4.79 Å². The molecule has 0 atom stereocenters. The number of amides is 1. The van der Waals surface area contributed by atoms with E-state index in [0.29, 0.717) is 11.1 Å². The van der Waals surface area contributed by atoms with Crippen molar-refractivity contribution in [3.8, 4) is 0 Å². The molecule has 2 aromatic heterocycles. The van der Waals surface area contributed by atoms with Crippen molar-refractivity contribution in [3.05, 3.63) is 36.2 Å². The van der Waals surface area contributed by atoms with Gasteiger partial charge < -0.3 is 14.7 Å². The molecule has 2 aromatic rings. The fourth-order valence-electron chi connectivity index (χ4n) is 1.12. The van der Waals surface area contributed by atoms with Gasteiger partial charge >= 0.3 is 0 Å². The summed E-state index contributed by atoms with van der Waals surface area (Å²) in [5.41, 5.74) is 3.07. The maximum absolute atomic E-state index is 11.2. The minimum Gasteiger partial charge on any atom is -0.345 e. The smallest absolute Gasteiger partial charge is 0.153 e. The summed E-state index contributed by atoms with van der Waals surface area (Å²) >= 11 is 0. The van der Waals surface area contributed by atoms with Crippen LogP contribution in [0.4, 0.5) is 0 Å². The number of carbonyl (C=O) groups is 1. The van der Waals surface area contributed by atoms with Crippen molar-refractivity contribution in [3.63, 3.8) is 0 Å². The van der Waals surface area contributed by atoms with Crippen molar-refractivity contribution in [2.24, 2.45) is 5.84 Å². The Morgan fingerprint density at radius 2 is 2.19 bits per heavy atom. The number of fused-ring (bicyclic) bond motifs is 1. The largest absolute Gasteiger partial charge is 0.345 e. The topological polar surface area (TPSA) is 72.4 Å². The van der Waals surface area contributed by atoms with Crippen molar-refractivity contribution >= 4 is 11.4 Å². The van der Waals surface area contributed by atoms with Crippen molar-refractivity contribution < 1.29 is 37.5 Å². The third-order valence-electron chi connectivity index (χ3n) is 1.72. The number of hydrogen-bond donors (Lipinski definition) is 2. The summed E-state index contributed by atoms with van der Waals surface area (Å²) in [6.07, 6.45) is 4.32. The normalized spacial score (nSPS) is 8.69. The summed E-state index contributed by atoms with van der Waals surface area (Å²) < 4.78 is 1.56. The molecule has 0 saturated heterocycles. The number of carbonyl (C=O) groups excluding carboxylic acids is 1. The molecule has 3 N–H and O–H groups in total. The van der Waals surface area contributed by atoms with Crippen LogP contribution < -0.4 is 11.3 Å². The first-order chi connectivity index (χ1) is 7.33. The van der Waals surface area contributed by atoms with Gasteiger partial charge in [0.1, 0.15) is 0 Å². The van der Waals surface area contributed by atoms with Crippen LogP contribution in [0, 0.1) is 6.20 Å². The third kappa shape index (κ3) is 3.11. The van der Waals surface area contributed by atoms with E-state index in [4.69, 9.17) is 5.84 Å². The Bertz CT molecular complexity index is 455. The van der Waals surface area contributed by atoms with E-state index in [-0.39, 0.29) is 38.6 Å². The van der Waals surface area contributed by atoms with E-state index in [2.05, 4.69) is 11.3 Å². The summed E-state index contributed by atoms with van der Waals surface area (Å²) in [7, 11) is 0. The van der Waals surface area contributed by atoms with Crippen LogP contribution in [0.25, 0.3) is 5.52 Å². The van der Waals surface area contributed by atoms with E-state index in [1.807, 2.05) is 31.4 Å². The van der Waals surface area contributed by atoms with Gasteiger partial charge in [-0.2, -0.15) is 0 Å². The van der Waals surface area contributed by atoms with Gasteiger partial charge in [-0.1, -0.05) is 31.5 Å². The zero-order chi connectivity index (χ0) is 11.3. The van der Waals surface area contributed by atoms with Gasteiger partial charge in [-0.3, -0.25) is 10.9 Å². The Labute approximate surface area is 119 Å². The van der Waals surface area contributed by atoms with Gasteiger partial charge in [0.25, 0.3) is 0 Å². The number of nitrogen functional groups attached to an aromatic ring is 1. The molecule has 0 aliphatic heterocycles. The van der Waals surface area contributed by atoms with E-state index in [0.717, 1.165) is 0 Å². The molecule has 1 amide bonds. The first-order valence-corrected chi connectivity index (χ1v) is 4.69. The number of nitrogens with one attached hydrogen (secondary N) is 1. The second-order valence-corrected chi connectivity index (χ2v) is 2.49. The summed E-state index contributed by atoms with van der Waals surface area (Å²) in [6, 6.07) is 5.41. The SMILES string of the molecule is CC.NNC(=O)c1[c-]nn2ccccc12.[Y]. The molecule has 0 aliphatic carbocycles. The fourth-order valence-corrected chi connectivity index (χ4v) is 1.12. The zero-order valence-corrected chi connectivity index (χ0v) is 12.1. The number of rotatable bonds is 1. The van der Waals surface area contributed by atoms with E-state index in [1.165, 1.54) is 0 Å². The molecular weight excluding hydrogens is 281 g/mol. The zero-order valence-electron chi connectivity index (χ0n) is 9.27. The Balaban J connectivity index is 0.000000711. The number of aromatic nitrogens is 2. The molecule has 0 bridgehead atoms.